The van der Waals surface area contributed by atoms with Gasteiger partial charge in [-0.05, 0) is 18.3 Å². The number of hydrogen-bond acceptors (Lipinski definition) is 5. The second-order valence-electron chi connectivity index (χ2n) is 4.90. The predicted molar refractivity (Wildman–Crippen MR) is 68.5 cm³/mol. The smallest absolute Gasteiger partial charge is 0.357 e. The van der Waals surface area contributed by atoms with E-state index in [1.54, 1.807) is 5.38 Å². The molecule has 0 aromatic carbocycles. The normalized spacial score (nSPS) is 18.0. The number of nitrogens with zero attached hydrogens (tertiary/aromatic N) is 1. The Kier molecular flexibility index (Phi) is 3.66. The van der Waals surface area contributed by atoms with E-state index in [-0.39, 0.29) is 5.97 Å². The number of carbonyl (C=O) groups is 1. The van der Waals surface area contributed by atoms with Crippen molar-refractivity contribution in [2.24, 2.45) is 5.41 Å². The lowest BCUT2D eigenvalue weighted by Gasteiger charge is -2.23. The molecule has 1 aromatic heterocycles. The molecule has 1 fully saturated rings. The molecule has 0 saturated heterocycles. The van der Waals surface area contributed by atoms with Gasteiger partial charge in [0.05, 0.1) is 7.11 Å². The van der Waals surface area contributed by atoms with Crippen LogP contribution in [0.5, 0.6) is 0 Å². The van der Waals surface area contributed by atoms with Gasteiger partial charge in [0.25, 0.3) is 0 Å². The number of aromatic nitrogens is 1. The van der Waals surface area contributed by atoms with Crippen LogP contribution in [0.1, 0.15) is 43.1 Å². The van der Waals surface area contributed by atoms with Gasteiger partial charge in [0.2, 0.25) is 0 Å². The summed E-state index contributed by atoms with van der Waals surface area (Å²) in [4.78, 5) is 15.5. The van der Waals surface area contributed by atoms with Gasteiger partial charge in [-0.15, -0.1) is 11.3 Å². The Morgan fingerprint density at radius 1 is 1.59 bits per heavy atom. The molecule has 1 aliphatic rings. The fraction of sp³-hybridized carbons (Fsp3) is 0.667. The second kappa shape index (κ2) is 5.04. The average molecular weight is 254 g/mol. The van der Waals surface area contributed by atoms with Gasteiger partial charge in [0.1, 0.15) is 0 Å². The average Bonchev–Trinajstić information content (AvgIpc) is 2.95. The monoisotopic (exact) mass is 254 g/mol. The molecule has 1 saturated carbocycles. The molecule has 17 heavy (non-hydrogen) atoms. The minimum atomic E-state index is -0.374. The zero-order valence-electron chi connectivity index (χ0n) is 10.3. The van der Waals surface area contributed by atoms with Crippen LogP contribution < -0.4 is 5.32 Å². The van der Waals surface area contributed by atoms with E-state index >= 15 is 0 Å². The highest BCUT2D eigenvalue weighted by Gasteiger charge is 2.28. The van der Waals surface area contributed by atoms with Crippen molar-refractivity contribution in [1.82, 2.24) is 4.98 Å². The second-order valence-corrected chi connectivity index (χ2v) is 5.76. The van der Waals surface area contributed by atoms with Crippen molar-refractivity contribution in [2.75, 3.05) is 19.0 Å². The summed E-state index contributed by atoms with van der Waals surface area (Å²) in [6.07, 6.45) is 5.19. The number of anilines is 1. The molecule has 2 rings (SSSR count). The summed E-state index contributed by atoms with van der Waals surface area (Å²) in [5, 5.41) is 5.86. The van der Waals surface area contributed by atoms with Crippen LogP contribution in [0.2, 0.25) is 0 Å². The van der Waals surface area contributed by atoms with E-state index in [0.717, 1.165) is 11.7 Å². The molecule has 5 heteroatoms. The first-order chi connectivity index (χ1) is 8.13. The third-order valence-electron chi connectivity index (χ3n) is 3.38. The maximum atomic E-state index is 11.2. The zero-order chi connectivity index (χ0) is 12.3. The van der Waals surface area contributed by atoms with Crippen LogP contribution in [-0.2, 0) is 4.74 Å². The molecule has 0 bridgehead atoms. The standard InChI is InChI=1S/C12H18N2O2S/c1-12(5-3-4-6-12)8-13-11-14-9(7-17-11)10(15)16-2/h7H,3-6,8H2,1-2H3,(H,13,14). The minimum Gasteiger partial charge on any atom is -0.464 e. The molecule has 0 unspecified atom stereocenters. The number of nitrogens with one attached hydrogen (secondary N) is 1. The number of thiazole rings is 1. The number of carbonyl (C=O) groups excluding carboxylic acids is 1. The SMILES string of the molecule is COC(=O)c1csc(NCC2(C)CCCC2)n1. The highest BCUT2D eigenvalue weighted by molar-refractivity contribution is 7.13. The molecule has 1 heterocycles. The zero-order valence-corrected chi connectivity index (χ0v) is 11.1. The van der Waals surface area contributed by atoms with E-state index in [2.05, 4.69) is 22.0 Å². The van der Waals surface area contributed by atoms with E-state index in [1.807, 2.05) is 0 Å². The first-order valence-electron chi connectivity index (χ1n) is 5.91. The van der Waals surface area contributed by atoms with E-state index in [0.29, 0.717) is 11.1 Å². The van der Waals surface area contributed by atoms with Crippen LogP contribution in [0.3, 0.4) is 0 Å². The third-order valence-corrected chi connectivity index (χ3v) is 4.18. The lowest BCUT2D eigenvalue weighted by molar-refractivity contribution is 0.0595. The number of rotatable bonds is 4. The summed E-state index contributed by atoms with van der Waals surface area (Å²) >= 11 is 1.45. The molecule has 0 aliphatic heterocycles. The molecule has 1 aromatic rings. The summed E-state index contributed by atoms with van der Waals surface area (Å²) in [5.74, 6) is -0.374. The molecule has 1 N–H and O–H groups in total. The highest BCUT2D eigenvalue weighted by atomic mass is 32.1. The van der Waals surface area contributed by atoms with Crippen molar-refractivity contribution in [1.29, 1.82) is 0 Å². The number of methoxy groups -OCH3 is 1. The topological polar surface area (TPSA) is 51.2 Å². The summed E-state index contributed by atoms with van der Waals surface area (Å²) in [5.41, 5.74) is 0.772. The van der Waals surface area contributed by atoms with Crippen LogP contribution in [0.25, 0.3) is 0 Å². The summed E-state index contributed by atoms with van der Waals surface area (Å²) in [6, 6.07) is 0. The van der Waals surface area contributed by atoms with E-state index in [9.17, 15) is 4.79 Å². The van der Waals surface area contributed by atoms with Crippen molar-refractivity contribution in [3.05, 3.63) is 11.1 Å². The first kappa shape index (κ1) is 12.4. The van der Waals surface area contributed by atoms with Crippen LogP contribution in [0.15, 0.2) is 5.38 Å². The van der Waals surface area contributed by atoms with Gasteiger partial charge < -0.3 is 10.1 Å². The van der Waals surface area contributed by atoms with Crippen LogP contribution in [0.4, 0.5) is 5.13 Å². The maximum Gasteiger partial charge on any atom is 0.357 e. The minimum absolute atomic E-state index is 0.374. The Labute approximate surface area is 105 Å². The van der Waals surface area contributed by atoms with Crippen LogP contribution in [0, 0.1) is 5.41 Å². The van der Waals surface area contributed by atoms with Gasteiger partial charge in [-0.25, -0.2) is 9.78 Å². The summed E-state index contributed by atoms with van der Waals surface area (Å²) in [7, 11) is 1.37. The largest absolute Gasteiger partial charge is 0.464 e. The fourth-order valence-corrected chi connectivity index (χ4v) is 2.93. The van der Waals surface area contributed by atoms with Crippen molar-refractivity contribution >= 4 is 22.4 Å². The molecule has 0 radical (unpaired) electrons. The van der Waals surface area contributed by atoms with Crippen molar-refractivity contribution < 1.29 is 9.53 Å². The van der Waals surface area contributed by atoms with E-state index < -0.39 is 0 Å². The Morgan fingerprint density at radius 2 is 2.29 bits per heavy atom. The number of esters is 1. The van der Waals surface area contributed by atoms with Gasteiger partial charge in [-0.2, -0.15) is 0 Å². The van der Waals surface area contributed by atoms with Crippen molar-refractivity contribution in [2.45, 2.75) is 32.6 Å². The van der Waals surface area contributed by atoms with Crippen molar-refractivity contribution in [3.63, 3.8) is 0 Å². The lowest BCUT2D eigenvalue weighted by Crippen LogP contribution is -2.22. The summed E-state index contributed by atoms with van der Waals surface area (Å²) < 4.78 is 4.62. The molecule has 94 valence electrons. The lowest BCUT2D eigenvalue weighted by atomic mass is 9.89. The van der Waals surface area contributed by atoms with Crippen LogP contribution in [-0.4, -0.2) is 24.6 Å². The van der Waals surface area contributed by atoms with Crippen LogP contribution >= 0.6 is 11.3 Å². The fourth-order valence-electron chi connectivity index (χ4n) is 2.25. The third kappa shape index (κ3) is 2.97. The van der Waals surface area contributed by atoms with Gasteiger partial charge in [-0.3, -0.25) is 0 Å². The maximum absolute atomic E-state index is 11.2. The number of hydrogen-bond donors (Lipinski definition) is 1. The van der Waals surface area contributed by atoms with E-state index in [4.69, 9.17) is 0 Å². The predicted octanol–water partition coefficient (Wildman–Crippen LogP) is 2.92. The Balaban J connectivity index is 1.91. The first-order valence-corrected chi connectivity index (χ1v) is 6.79. The molecule has 0 atom stereocenters. The summed E-state index contributed by atoms with van der Waals surface area (Å²) in [6.45, 7) is 3.24. The molecule has 0 spiro atoms. The quantitative estimate of drug-likeness (QED) is 0.839. The van der Waals surface area contributed by atoms with Gasteiger partial charge in [0.15, 0.2) is 10.8 Å². The van der Waals surface area contributed by atoms with Gasteiger partial charge in [0, 0.05) is 11.9 Å². The molecule has 0 amide bonds. The number of ether oxygens (including phenoxy) is 1. The highest BCUT2D eigenvalue weighted by Crippen LogP contribution is 2.37. The van der Waals surface area contributed by atoms with E-state index in [1.165, 1.54) is 44.1 Å². The van der Waals surface area contributed by atoms with Crippen molar-refractivity contribution in [3.8, 4) is 0 Å². The molecule has 1 aliphatic carbocycles. The molecular weight excluding hydrogens is 236 g/mol. The Bertz CT molecular complexity index is 397. The van der Waals surface area contributed by atoms with Gasteiger partial charge >= 0.3 is 5.97 Å². The Morgan fingerprint density at radius 3 is 2.94 bits per heavy atom. The van der Waals surface area contributed by atoms with Gasteiger partial charge in [-0.1, -0.05) is 19.8 Å². The molecule has 4 nitrogen and oxygen atoms in total. The molecular formula is C12H18N2O2S. The Hall–Kier alpha value is -1.10.